The molecule has 8 nitrogen and oxygen atoms in total. The number of nitro benzene ring substituents is 1. The van der Waals surface area contributed by atoms with Crippen LogP contribution in [0.4, 0.5) is 11.4 Å². The third-order valence-electron chi connectivity index (χ3n) is 5.30. The molecule has 4 rings (SSSR count). The van der Waals surface area contributed by atoms with Crippen molar-refractivity contribution in [3.8, 4) is 5.69 Å². The van der Waals surface area contributed by atoms with Crippen LogP contribution >= 0.6 is 15.9 Å². The minimum absolute atomic E-state index is 0.0712. The highest BCUT2D eigenvalue weighted by Crippen LogP contribution is 2.28. The van der Waals surface area contributed by atoms with Gasteiger partial charge in [-0.2, -0.15) is 5.10 Å². The smallest absolute Gasteiger partial charge is 0.292 e. The first kappa shape index (κ1) is 20.1. The van der Waals surface area contributed by atoms with Crippen molar-refractivity contribution in [3.05, 3.63) is 80.6 Å². The molecule has 2 heterocycles. The van der Waals surface area contributed by atoms with Gasteiger partial charge in [-0.1, -0.05) is 28.1 Å². The van der Waals surface area contributed by atoms with Crippen molar-refractivity contribution in [2.45, 2.75) is 6.92 Å². The molecule has 0 spiro atoms. The summed E-state index contributed by atoms with van der Waals surface area (Å²) >= 11 is 3.42. The Morgan fingerprint density at radius 3 is 2.40 bits per heavy atom. The predicted molar refractivity (Wildman–Crippen MR) is 117 cm³/mol. The van der Waals surface area contributed by atoms with E-state index >= 15 is 0 Å². The molecule has 1 aliphatic rings. The molecule has 3 aromatic rings. The molecule has 30 heavy (non-hydrogen) atoms. The maximum Gasteiger partial charge on any atom is 0.292 e. The summed E-state index contributed by atoms with van der Waals surface area (Å²) in [4.78, 5) is 27.7. The summed E-state index contributed by atoms with van der Waals surface area (Å²) in [6, 6.07) is 14.4. The number of hydrogen-bond donors (Lipinski definition) is 0. The summed E-state index contributed by atoms with van der Waals surface area (Å²) in [5.41, 5.74) is 2.91. The highest BCUT2D eigenvalue weighted by atomic mass is 79.9. The van der Waals surface area contributed by atoms with Crippen LogP contribution in [0, 0.1) is 17.0 Å². The predicted octanol–water partition coefficient (Wildman–Crippen LogP) is 3.81. The van der Waals surface area contributed by atoms with E-state index in [9.17, 15) is 14.9 Å². The zero-order valence-electron chi connectivity index (χ0n) is 16.4. The number of halogens is 1. The van der Waals surface area contributed by atoms with E-state index in [2.05, 4.69) is 21.0 Å². The molecule has 0 N–H and O–H groups in total. The fraction of sp³-hybridized carbons (Fsp3) is 0.238. The Balaban J connectivity index is 1.48. The number of nitrogens with zero attached hydrogens (tertiary/aromatic N) is 5. The minimum atomic E-state index is -0.368. The maximum atomic E-state index is 13.1. The van der Waals surface area contributed by atoms with Crippen molar-refractivity contribution in [1.82, 2.24) is 14.7 Å². The largest absolute Gasteiger partial charge is 0.362 e. The van der Waals surface area contributed by atoms with Gasteiger partial charge in [-0.25, -0.2) is 4.68 Å². The van der Waals surface area contributed by atoms with Gasteiger partial charge in [0.1, 0.15) is 5.69 Å². The molecule has 9 heteroatoms. The topological polar surface area (TPSA) is 84.5 Å². The lowest BCUT2D eigenvalue weighted by atomic mass is 10.2. The standard InChI is InChI=1S/C21H20BrN5O3/c1-15-18(14-23-26(15)17-8-6-16(22)7-9-17)21(28)25-12-10-24(11-13-25)19-4-2-3-5-20(19)27(29)30/h2-9,14H,10-13H2,1H3. The third kappa shape index (κ3) is 3.80. The highest BCUT2D eigenvalue weighted by molar-refractivity contribution is 9.10. The molecular weight excluding hydrogens is 450 g/mol. The Kier molecular flexibility index (Phi) is 5.54. The lowest BCUT2D eigenvalue weighted by molar-refractivity contribution is -0.384. The number of hydrogen-bond acceptors (Lipinski definition) is 5. The highest BCUT2D eigenvalue weighted by Gasteiger charge is 2.27. The molecule has 0 atom stereocenters. The summed E-state index contributed by atoms with van der Waals surface area (Å²) in [6.07, 6.45) is 1.61. The molecule has 0 bridgehead atoms. The van der Waals surface area contributed by atoms with Crippen molar-refractivity contribution in [2.75, 3.05) is 31.1 Å². The van der Waals surface area contributed by atoms with Crippen molar-refractivity contribution >= 4 is 33.2 Å². The van der Waals surface area contributed by atoms with Crippen LogP contribution in [0.15, 0.2) is 59.2 Å². The number of carbonyl (C=O) groups excluding carboxylic acids is 1. The maximum absolute atomic E-state index is 13.1. The molecule has 0 saturated carbocycles. The van der Waals surface area contributed by atoms with Crippen LogP contribution in [0.3, 0.4) is 0 Å². The van der Waals surface area contributed by atoms with Crippen LogP contribution in [0.25, 0.3) is 5.69 Å². The second-order valence-corrected chi connectivity index (χ2v) is 7.97. The Morgan fingerprint density at radius 1 is 1.07 bits per heavy atom. The van der Waals surface area contributed by atoms with Gasteiger partial charge in [-0.3, -0.25) is 14.9 Å². The fourth-order valence-corrected chi connectivity index (χ4v) is 3.93. The van der Waals surface area contributed by atoms with Gasteiger partial charge in [0, 0.05) is 36.7 Å². The second-order valence-electron chi connectivity index (χ2n) is 7.06. The van der Waals surface area contributed by atoms with Crippen LogP contribution in [0.5, 0.6) is 0 Å². The number of benzene rings is 2. The van der Waals surface area contributed by atoms with Crippen molar-refractivity contribution < 1.29 is 9.72 Å². The molecule has 1 amide bonds. The van der Waals surface area contributed by atoms with Gasteiger partial charge in [0.15, 0.2) is 0 Å². The Bertz CT molecular complexity index is 1090. The summed E-state index contributed by atoms with van der Waals surface area (Å²) < 4.78 is 2.73. The summed E-state index contributed by atoms with van der Waals surface area (Å²) in [5, 5.41) is 15.7. The number of piperazine rings is 1. The van der Waals surface area contributed by atoms with Crippen LogP contribution < -0.4 is 4.90 Å². The molecule has 0 aliphatic carbocycles. The lowest BCUT2D eigenvalue weighted by Crippen LogP contribution is -2.49. The van der Waals surface area contributed by atoms with Gasteiger partial charge >= 0.3 is 0 Å². The Labute approximate surface area is 182 Å². The zero-order valence-corrected chi connectivity index (χ0v) is 17.9. The average Bonchev–Trinajstić information content (AvgIpc) is 3.15. The molecular formula is C21H20BrN5O3. The summed E-state index contributed by atoms with van der Waals surface area (Å²) in [6.45, 7) is 3.94. The average molecular weight is 470 g/mol. The summed E-state index contributed by atoms with van der Waals surface area (Å²) in [7, 11) is 0. The molecule has 1 aliphatic heterocycles. The fourth-order valence-electron chi connectivity index (χ4n) is 3.67. The van der Waals surface area contributed by atoms with Crippen molar-refractivity contribution in [2.24, 2.45) is 0 Å². The Hall–Kier alpha value is -3.20. The van der Waals surface area contributed by atoms with E-state index in [1.807, 2.05) is 36.1 Å². The van der Waals surface area contributed by atoms with Gasteiger partial charge in [0.2, 0.25) is 0 Å². The number of carbonyl (C=O) groups is 1. The van der Waals surface area contributed by atoms with E-state index in [-0.39, 0.29) is 16.5 Å². The van der Waals surface area contributed by atoms with E-state index in [0.717, 1.165) is 15.9 Å². The number of aromatic nitrogens is 2. The molecule has 0 unspecified atom stereocenters. The SMILES string of the molecule is Cc1c(C(=O)N2CCN(c3ccccc3[N+](=O)[O-])CC2)cnn1-c1ccc(Br)cc1. The van der Waals surface area contributed by atoms with E-state index in [1.54, 1.807) is 34.0 Å². The molecule has 1 fully saturated rings. The van der Waals surface area contributed by atoms with Gasteiger partial charge in [-0.05, 0) is 37.3 Å². The van der Waals surface area contributed by atoms with Crippen LogP contribution in [-0.2, 0) is 0 Å². The number of nitro groups is 1. The monoisotopic (exact) mass is 469 g/mol. The summed E-state index contributed by atoms with van der Waals surface area (Å²) in [5.74, 6) is -0.0712. The van der Waals surface area contributed by atoms with Crippen LogP contribution in [0.2, 0.25) is 0 Å². The first-order valence-electron chi connectivity index (χ1n) is 9.54. The first-order chi connectivity index (χ1) is 14.5. The number of para-hydroxylation sites is 2. The number of anilines is 1. The first-order valence-corrected chi connectivity index (χ1v) is 10.3. The quantitative estimate of drug-likeness (QED) is 0.428. The Morgan fingerprint density at radius 2 is 1.73 bits per heavy atom. The molecule has 2 aromatic carbocycles. The van der Waals surface area contributed by atoms with E-state index in [4.69, 9.17) is 0 Å². The van der Waals surface area contributed by atoms with Crippen molar-refractivity contribution in [3.63, 3.8) is 0 Å². The normalized spacial score (nSPS) is 14.1. The van der Waals surface area contributed by atoms with Gasteiger partial charge in [-0.15, -0.1) is 0 Å². The van der Waals surface area contributed by atoms with E-state index in [1.165, 1.54) is 6.07 Å². The molecule has 154 valence electrons. The lowest BCUT2D eigenvalue weighted by Gasteiger charge is -2.35. The van der Waals surface area contributed by atoms with E-state index < -0.39 is 0 Å². The van der Waals surface area contributed by atoms with Gasteiger partial charge in [0.25, 0.3) is 11.6 Å². The molecule has 1 aromatic heterocycles. The van der Waals surface area contributed by atoms with E-state index in [0.29, 0.717) is 37.4 Å². The van der Waals surface area contributed by atoms with Gasteiger partial charge in [0.05, 0.1) is 28.1 Å². The van der Waals surface area contributed by atoms with Crippen LogP contribution in [-0.4, -0.2) is 51.7 Å². The third-order valence-corrected chi connectivity index (χ3v) is 5.83. The number of rotatable bonds is 4. The zero-order chi connectivity index (χ0) is 21.3. The molecule has 0 radical (unpaired) electrons. The second kappa shape index (κ2) is 8.27. The van der Waals surface area contributed by atoms with Crippen LogP contribution in [0.1, 0.15) is 16.1 Å². The minimum Gasteiger partial charge on any atom is -0.362 e. The van der Waals surface area contributed by atoms with Crippen molar-refractivity contribution in [1.29, 1.82) is 0 Å². The molecule has 1 saturated heterocycles. The van der Waals surface area contributed by atoms with Gasteiger partial charge < -0.3 is 9.80 Å². The number of amides is 1.